The number of nitrogens with one attached hydrogen (secondary N) is 1. The fraction of sp³-hybridized carbons (Fsp3) is 0.250. The van der Waals surface area contributed by atoms with Gasteiger partial charge in [-0.3, -0.25) is 9.36 Å². The zero-order valence-corrected chi connectivity index (χ0v) is 16.0. The summed E-state index contributed by atoms with van der Waals surface area (Å²) in [5, 5.41) is 2.75. The lowest BCUT2D eigenvalue weighted by Gasteiger charge is -2.12. The van der Waals surface area contributed by atoms with Gasteiger partial charge in [-0.05, 0) is 43.0 Å². The monoisotopic (exact) mass is 397 g/mol. The van der Waals surface area contributed by atoms with Crippen LogP contribution in [0.15, 0.2) is 39.3 Å². The summed E-state index contributed by atoms with van der Waals surface area (Å²) in [6.07, 6.45) is 0. The topological polar surface area (TPSA) is 81.1 Å². The summed E-state index contributed by atoms with van der Waals surface area (Å²) in [7, 11) is -3.71. The third-order valence-corrected chi connectivity index (χ3v) is 6.73. The van der Waals surface area contributed by atoms with E-state index in [1.54, 1.807) is 32.0 Å². The molecule has 9 heteroatoms. The molecule has 0 aliphatic rings. The number of aromatic nitrogens is 2. The van der Waals surface area contributed by atoms with Crippen LogP contribution in [-0.4, -0.2) is 24.5 Å². The smallest absolute Gasteiger partial charge is 0.262 e. The molecule has 1 N–H and O–H groups in total. The number of sulfonamides is 1. The van der Waals surface area contributed by atoms with E-state index in [9.17, 15) is 13.2 Å². The van der Waals surface area contributed by atoms with Crippen LogP contribution in [0.4, 0.5) is 0 Å². The van der Waals surface area contributed by atoms with Crippen molar-refractivity contribution >= 4 is 43.2 Å². The van der Waals surface area contributed by atoms with Crippen LogP contribution in [0.3, 0.4) is 0 Å². The first-order valence-electron chi connectivity index (χ1n) is 7.50. The Morgan fingerprint density at radius 3 is 2.80 bits per heavy atom. The second kappa shape index (κ2) is 6.87. The highest BCUT2D eigenvalue weighted by atomic mass is 35.5. The number of rotatable bonds is 5. The normalized spacial score (nSPS) is 12.0. The third kappa shape index (κ3) is 3.48. The SMILES string of the molecule is Cc1c(Cl)cccc1S(=O)(=O)NCCn1c(C)nc2sccc2c1=O. The van der Waals surface area contributed by atoms with Gasteiger partial charge in [-0.2, -0.15) is 0 Å². The average Bonchev–Trinajstić information content (AvgIpc) is 3.01. The van der Waals surface area contributed by atoms with Gasteiger partial charge in [-0.15, -0.1) is 11.3 Å². The summed E-state index contributed by atoms with van der Waals surface area (Å²) >= 11 is 7.40. The van der Waals surface area contributed by atoms with Crippen molar-refractivity contribution in [3.8, 4) is 0 Å². The Balaban J connectivity index is 1.81. The molecule has 2 heterocycles. The maximum Gasteiger partial charge on any atom is 0.262 e. The quantitative estimate of drug-likeness (QED) is 0.717. The van der Waals surface area contributed by atoms with Crippen LogP contribution in [-0.2, 0) is 16.6 Å². The Morgan fingerprint density at radius 2 is 2.04 bits per heavy atom. The van der Waals surface area contributed by atoms with E-state index in [1.807, 2.05) is 5.38 Å². The van der Waals surface area contributed by atoms with Gasteiger partial charge in [-0.1, -0.05) is 17.7 Å². The molecule has 2 aromatic heterocycles. The van der Waals surface area contributed by atoms with E-state index in [-0.39, 0.29) is 23.5 Å². The first-order valence-corrected chi connectivity index (χ1v) is 10.2. The molecule has 25 heavy (non-hydrogen) atoms. The van der Waals surface area contributed by atoms with Crippen LogP contribution in [0.25, 0.3) is 10.2 Å². The van der Waals surface area contributed by atoms with E-state index >= 15 is 0 Å². The Labute approximate surface area is 154 Å². The molecular weight excluding hydrogens is 382 g/mol. The van der Waals surface area contributed by atoms with E-state index in [1.165, 1.54) is 22.0 Å². The maximum atomic E-state index is 12.5. The van der Waals surface area contributed by atoms with E-state index in [0.29, 0.717) is 26.6 Å². The zero-order chi connectivity index (χ0) is 18.2. The Bertz CT molecular complexity index is 1100. The summed E-state index contributed by atoms with van der Waals surface area (Å²) in [6, 6.07) is 6.46. The van der Waals surface area contributed by atoms with Crippen LogP contribution in [0.5, 0.6) is 0 Å². The van der Waals surface area contributed by atoms with Gasteiger partial charge in [0.1, 0.15) is 10.7 Å². The van der Waals surface area contributed by atoms with Gasteiger partial charge < -0.3 is 0 Å². The van der Waals surface area contributed by atoms with Gasteiger partial charge in [0.15, 0.2) is 0 Å². The summed E-state index contributed by atoms with van der Waals surface area (Å²) in [5.41, 5.74) is 0.327. The van der Waals surface area contributed by atoms with Crippen molar-refractivity contribution in [2.45, 2.75) is 25.3 Å². The highest BCUT2D eigenvalue weighted by Gasteiger charge is 2.18. The van der Waals surface area contributed by atoms with E-state index in [2.05, 4.69) is 9.71 Å². The summed E-state index contributed by atoms with van der Waals surface area (Å²) in [6.45, 7) is 3.66. The molecule has 0 aliphatic carbocycles. The second-order valence-corrected chi connectivity index (χ2v) is 8.55. The lowest BCUT2D eigenvalue weighted by molar-refractivity contribution is 0.566. The predicted octanol–water partition coefficient (Wildman–Crippen LogP) is 2.71. The van der Waals surface area contributed by atoms with Gasteiger partial charge in [-0.25, -0.2) is 18.1 Å². The summed E-state index contributed by atoms with van der Waals surface area (Å²) in [5.74, 6) is 0.554. The van der Waals surface area contributed by atoms with Crippen molar-refractivity contribution in [1.29, 1.82) is 0 Å². The number of fused-ring (bicyclic) bond motifs is 1. The number of halogens is 1. The van der Waals surface area contributed by atoms with Crippen LogP contribution < -0.4 is 10.3 Å². The number of hydrogen-bond acceptors (Lipinski definition) is 5. The van der Waals surface area contributed by atoms with Crippen LogP contribution >= 0.6 is 22.9 Å². The Kier molecular flexibility index (Phi) is 4.97. The summed E-state index contributed by atoms with van der Waals surface area (Å²) < 4.78 is 28.9. The first-order chi connectivity index (χ1) is 11.8. The van der Waals surface area contributed by atoms with Crippen molar-refractivity contribution in [3.05, 3.63) is 56.4 Å². The van der Waals surface area contributed by atoms with Gasteiger partial charge in [0, 0.05) is 18.1 Å². The Morgan fingerprint density at radius 1 is 1.28 bits per heavy atom. The minimum atomic E-state index is -3.71. The molecule has 6 nitrogen and oxygen atoms in total. The van der Waals surface area contributed by atoms with Gasteiger partial charge >= 0.3 is 0 Å². The van der Waals surface area contributed by atoms with Gasteiger partial charge in [0.25, 0.3) is 5.56 Å². The third-order valence-electron chi connectivity index (χ3n) is 3.91. The predicted molar refractivity (Wildman–Crippen MR) is 100.0 cm³/mol. The van der Waals surface area contributed by atoms with Crippen molar-refractivity contribution < 1.29 is 8.42 Å². The molecule has 3 rings (SSSR count). The number of nitrogens with zero attached hydrogens (tertiary/aromatic N) is 2. The second-order valence-electron chi connectivity index (χ2n) is 5.52. The number of benzene rings is 1. The minimum absolute atomic E-state index is 0.0758. The van der Waals surface area contributed by atoms with Crippen molar-refractivity contribution in [1.82, 2.24) is 14.3 Å². The molecule has 0 unspecified atom stereocenters. The number of hydrogen-bond donors (Lipinski definition) is 1. The van der Waals surface area contributed by atoms with E-state index in [4.69, 9.17) is 11.6 Å². The highest BCUT2D eigenvalue weighted by Crippen LogP contribution is 2.22. The fourth-order valence-electron chi connectivity index (χ4n) is 2.56. The molecule has 0 bridgehead atoms. The molecule has 0 saturated carbocycles. The number of thiophene rings is 1. The zero-order valence-electron chi connectivity index (χ0n) is 13.6. The lowest BCUT2D eigenvalue weighted by Crippen LogP contribution is -2.32. The molecule has 0 radical (unpaired) electrons. The Hall–Kier alpha value is -1.74. The molecule has 0 atom stereocenters. The molecule has 1 aromatic carbocycles. The van der Waals surface area contributed by atoms with Gasteiger partial charge in [0.05, 0.1) is 10.3 Å². The largest absolute Gasteiger partial charge is 0.295 e. The lowest BCUT2D eigenvalue weighted by atomic mass is 10.2. The van der Waals surface area contributed by atoms with Crippen LogP contribution in [0.2, 0.25) is 5.02 Å². The van der Waals surface area contributed by atoms with Gasteiger partial charge in [0.2, 0.25) is 10.0 Å². The minimum Gasteiger partial charge on any atom is -0.295 e. The molecule has 132 valence electrons. The fourth-order valence-corrected chi connectivity index (χ4v) is 4.88. The van der Waals surface area contributed by atoms with E-state index in [0.717, 1.165) is 0 Å². The molecule has 0 fully saturated rings. The van der Waals surface area contributed by atoms with Crippen molar-refractivity contribution in [2.24, 2.45) is 0 Å². The first kappa shape index (κ1) is 18.1. The molecular formula is C16H16ClN3O3S2. The van der Waals surface area contributed by atoms with Crippen LogP contribution in [0.1, 0.15) is 11.4 Å². The summed E-state index contributed by atoms with van der Waals surface area (Å²) in [4.78, 5) is 17.7. The van der Waals surface area contributed by atoms with Crippen molar-refractivity contribution in [3.63, 3.8) is 0 Å². The van der Waals surface area contributed by atoms with E-state index < -0.39 is 10.0 Å². The molecule has 0 spiro atoms. The number of aryl methyl sites for hydroxylation is 1. The van der Waals surface area contributed by atoms with Crippen LogP contribution in [0, 0.1) is 13.8 Å². The van der Waals surface area contributed by atoms with Crippen molar-refractivity contribution in [2.75, 3.05) is 6.54 Å². The standard InChI is InChI=1S/C16H16ClN3O3S2/c1-10-13(17)4-3-5-14(10)25(22,23)18-7-8-20-11(2)19-15-12(16(20)21)6-9-24-15/h3-6,9,18H,7-8H2,1-2H3. The maximum absolute atomic E-state index is 12.5. The molecule has 0 amide bonds. The molecule has 0 aliphatic heterocycles. The average molecular weight is 398 g/mol. The molecule has 3 aromatic rings. The highest BCUT2D eigenvalue weighted by molar-refractivity contribution is 7.89. The molecule has 0 saturated heterocycles.